The molecule has 4 heteroatoms. The molecule has 1 aromatic heterocycles. The molecule has 0 unspecified atom stereocenters. The van der Waals surface area contributed by atoms with E-state index in [0.717, 1.165) is 16.4 Å². The van der Waals surface area contributed by atoms with Crippen molar-refractivity contribution in [3.05, 3.63) is 21.3 Å². The molecule has 0 fully saturated rings. The normalized spacial score (nSPS) is 10.2. The van der Waals surface area contributed by atoms with Crippen LogP contribution in [0.15, 0.2) is 11.4 Å². The van der Waals surface area contributed by atoms with Gasteiger partial charge in [0.15, 0.2) is 0 Å². The van der Waals surface area contributed by atoms with E-state index in [1.807, 2.05) is 23.4 Å². The van der Waals surface area contributed by atoms with Crippen LogP contribution in [0.1, 0.15) is 4.88 Å². The summed E-state index contributed by atoms with van der Waals surface area (Å²) in [6, 6.07) is 3.96. The molecule has 0 saturated carbocycles. The van der Waals surface area contributed by atoms with Crippen LogP contribution in [0.3, 0.4) is 0 Å². The maximum absolute atomic E-state index is 8.41. The molecule has 0 saturated heterocycles. The minimum absolute atomic E-state index is 0.439. The van der Waals surface area contributed by atoms with Crippen LogP contribution >= 0.6 is 22.9 Å². The Balaban J connectivity index is 2.53. The lowest BCUT2D eigenvalue weighted by molar-refractivity contribution is 0.371. The average Bonchev–Trinajstić information content (AvgIpc) is 2.37. The summed E-state index contributed by atoms with van der Waals surface area (Å²) in [6.07, 6.45) is 0. The first-order valence-corrected chi connectivity index (χ1v) is 4.77. The first-order chi connectivity index (χ1) is 5.74. The van der Waals surface area contributed by atoms with E-state index in [0.29, 0.717) is 6.54 Å². The Hall–Kier alpha value is -0.560. The molecule has 1 heterocycles. The second-order valence-electron chi connectivity index (χ2n) is 2.52. The van der Waals surface area contributed by atoms with Gasteiger partial charge in [0.25, 0.3) is 0 Å². The van der Waals surface area contributed by atoms with E-state index < -0.39 is 0 Å². The molecule has 0 aromatic carbocycles. The fourth-order valence-corrected chi connectivity index (χ4v) is 2.03. The topological polar surface area (TPSA) is 27.0 Å². The van der Waals surface area contributed by atoms with Crippen LogP contribution in [-0.4, -0.2) is 18.5 Å². The summed E-state index contributed by atoms with van der Waals surface area (Å²) >= 11 is 7.51. The van der Waals surface area contributed by atoms with Crippen LogP contribution in [0, 0.1) is 11.3 Å². The van der Waals surface area contributed by atoms with Crippen molar-refractivity contribution in [3.63, 3.8) is 0 Å². The molecule has 0 aliphatic heterocycles. The van der Waals surface area contributed by atoms with E-state index in [4.69, 9.17) is 16.9 Å². The minimum Gasteiger partial charge on any atom is -0.288 e. The lowest BCUT2D eigenvalue weighted by Gasteiger charge is -2.10. The van der Waals surface area contributed by atoms with Gasteiger partial charge >= 0.3 is 0 Å². The van der Waals surface area contributed by atoms with Crippen LogP contribution in [0.2, 0.25) is 5.02 Å². The first-order valence-electron chi connectivity index (χ1n) is 3.51. The standard InChI is InChI=1S/C8H9ClN2S/c1-11(4-3-10)6-8-7(9)2-5-12-8/h2,5H,4,6H2,1H3. The molecule has 0 bridgehead atoms. The Morgan fingerprint density at radius 3 is 3.00 bits per heavy atom. The number of hydrogen-bond acceptors (Lipinski definition) is 3. The van der Waals surface area contributed by atoms with Gasteiger partial charge < -0.3 is 0 Å². The summed E-state index contributed by atoms with van der Waals surface area (Å²) in [7, 11) is 1.90. The zero-order valence-corrected chi connectivity index (χ0v) is 8.32. The fourth-order valence-electron chi connectivity index (χ4n) is 0.860. The van der Waals surface area contributed by atoms with E-state index in [9.17, 15) is 0 Å². The molecule has 0 aliphatic rings. The SMILES string of the molecule is CN(CC#N)Cc1sccc1Cl. The highest BCUT2D eigenvalue weighted by Gasteiger charge is 2.04. The van der Waals surface area contributed by atoms with Crippen molar-refractivity contribution in [2.45, 2.75) is 6.54 Å². The average molecular weight is 201 g/mol. The largest absolute Gasteiger partial charge is 0.288 e. The van der Waals surface area contributed by atoms with Gasteiger partial charge in [0.2, 0.25) is 0 Å². The maximum atomic E-state index is 8.41. The predicted octanol–water partition coefficient (Wildman–Crippen LogP) is 2.36. The number of rotatable bonds is 3. The molecule has 1 rings (SSSR count). The van der Waals surface area contributed by atoms with Gasteiger partial charge in [0.05, 0.1) is 17.6 Å². The zero-order chi connectivity index (χ0) is 8.97. The van der Waals surface area contributed by atoms with Crippen LogP contribution in [0.5, 0.6) is 0 Å². The van der Waals surface area contributed by atoms with E-state index in [2.05, 4.69) is 6.07 Å². The third kappa shape index (κ3) is 2.49. The Morgan fingerprint density at radius 1 is 1.75 bits per heavy atom. The highest BCUT2D eigenvalue weighted by molar-refractivity contribution is 7.10. The molecule has 0 radical (unpaired) electrons. The van der Waals surface area contributed by atoms with E-state index in [-0.39, 0.29) is 0 Å². The maximum Gasteiger partial charge on any atom is 0.0866 e. The number of nitriles is 1. The number of nitrogens with zero attached hydrogens (tertiary/aromatic N) is 2. The summed E-state index contributed by atoms with van der Waals surface area (Å²) in [5.41, 5.74) is 0. The van der Waals surface area contributed by atoms with Crippen molar-refractivity contribution in [1.29, 1.82) is 5.26 Å². The Morgan fingerprint density at radius 2 is 2.50 bits per heavy atom. The number of halogens is 1. The molecule has 0 N–H and O–H groups in total. The summed E-state index contributed by atoms with van der Waals surface area (Å²) in [5, 5.41) is 11.2. The van der Waals surface area contributed by atoms with Gasteiger partial charge in [-0.05, 0) is 18.5 Å². The molecule has 2 nitrogen and oxygen atoms in total. The van der Waals surface area contributed by atoms with Crippen molar-refractivity contribution in [3.8, 4) is 6.07 Å². The van der Waals surface area contributed by atoms with Crippen LogP contribution < -0.4 is 0 Å². The van der Waals surface area contributed by atoms with E-state index in [1.54, 1.807) is 11.3 Å². The highest BCUT2D eigenvalue weighted by atomic mass is 35.5. The quantitative estimate of drug-likeness (QED) is 0.701. The molecule has 0 aliphatic carbocycles. The van der Waals surface area contributed by atoms with Gasteiger partial charge in [-0.25, -0.2) is 0 Å². The third-order valence-corrected chi connectivity index (χ3v) is 2.82. The Bertz CT molecular complexity index is 289. The number of hydrogen-bond donors (Lipinski definition) is 0. The molecule has 0 spiro atoms. The van der Waals surface area contributed by atoms with Crippen LogP contribution in [-0.2, 0) is 6.54 Å². The minimum atomic E-state index is 0.439. The molecular weight excluding hydrogens is 192 g/mol. The Kier molecular flexibility index (Phi) is 3.54. The lowest BCUT2D eigenvalue weighted by atomic mass is 10.4. The summed E-state index contributed by atoms with van der Waals surface area (Å²) in [5.74, 6) is 0. The van der Waals surface area contributed by atoms with Crippen LogP contribution in [0.4, 0.5) is 0 Å². The Labute approximate surface area is 81.0 Å². The number of thiophene rings is 1. The predicted molar refractivity (Wildman–Crippen MR) is 51.3 cm³/mol. The molecule has 0 atom stereocenters. The molecule has 0 amide bonds. The van der Waals surface area contributed by atoms with Gasteiger partial charge in [-0.2, -0.15) is 5.26 Å². The fraction of sp³-hybridized carbons (Fsp3) is 0.375. The summed E-state index contributed by atoms with van der Waals surface area (Å²) in [6.45, 7) is 1.19. The molecule has 1 aromatic rings. The third-order valence-electron chi connectivity index (χ3n) is 1.45. The zero-order valence-electron chi connectivity index (χ0n) is 6.75. The summed E-state index contributed by atoms with van der Waals surface area (Å²) < 4.78 is 0. The second-order valence-corrected chi connectivity index (χ2v) is 3.93. The van der Waals surface area contributed by atoms with Gasteiger partial charge in [-0.1, -0.05) is 11.6 Å². The lowest BCUT2D eigenvalue weighted by Crippen LogP contribution is -2.17. The van der Waals surface area contributed by atoms with Crippen LogP contribution in [0.25, 0.3) is 0 Å². The smallest absolute Gasteiger partial charge is 0.0866 e. The van der Waals surface area contributed by atoms with Crippen molar-refractivity contribution >= 4 is 22.9 Å². The van der Waals surface area contributed by atoms with Crippen molar-refractivity contribution < 1.29 is 0 Å². The molecule has 64 valence electrons. The van der Waals surface area contributed by atoms with Gasteiger partial charge in [0.1, 0.15) is 0 Å². The highest BCUT2D eigenvalue weighted by Crippen LogP contribution is 2.22. The van der Waals surface area contributed by atoms with Crippen molar-refractivity contribution in [2.75, 3.05) is 13.6 Å². The molecule has 12 heavy (non-hydrogen) atoms. The van der Waals surface area contributed by atoms with E-state index in [1.165, 1.54) is 0 Å². The van der Waals surface area contributed by atoms with Gasteiger partial charge in [-0.15, -0.1) is 11.3 Å². The van der Waals surface area contributed by atoms with Crippen molar-refractivity contribution in [2.24, 2.45) is 0 Å². The molecular formula is C8H9ClN2S. The first kappa shape index (κ1) is 9.53. The van der Waals surface area contributed by atoms with Gasteiger partial charge in [-0.3, -0.25) is 4.90 Å². The second kappa shape index (κ2) is 4.46. The van der Waals surface area contributed by atoms with Crippen molar-refractivity contribution in [1.82, 2.24) is 4.90 Å². The summed E-state index contributed by atoms with van der Waals surface area (Å²) in [4.78, 5) is 3.05. The van der Waals surface area contributed by atoms with Gasteiger partial charge in [0, 0.05) is 11.4 Å². The van der Waals surface area contributed by atoms with E-state index >= 15 is 0 Å². The monoisotopic (exact) mass is 200 g/mol.